The van der Waals surface area contributed by atoms with Crippen LogP contribution in [-0.2, 0) is 0 Å². The summed E-state index contributed by atoms with van der Waals surface area (Å²) in [5.74, 6) is 0.198. The van der Waals surface area contributed by atoms with E-state index in [9.17, 15) is 14.7 Å². The summed E-state index contributed by atoms with van der Waals surface area (Å²) >= 11 is 0. The summed E-state index contributed by atoms with van der Waals surface area (Å²) < 4.78 is 5.51. The Hall–Kier alpha value is -3.65. The van der Waals surface area contributed by atoms with E-state index in [0.29, 0.717) is 29.8 Å². The van der Waals surface area contributed by atoms with Gasteiger partial charge in [0.15, 0.2) is 0 Å². The summed E-state index contributed by atoms with van der Waals surface area (Å²) in [7, 11) is 1.56. The molecule has 1 aromatic heterocycles. The summed E-state index contributed by atoms with van der Waals surface area (Å²) in [6, 6.07) is 12.2. The number of aliphatic hydroxyl groups excluding tert-OH is 1. The van der Waals surface area contributed by atoms with Crippen LogP contribution in [-0.4, -0.2) is 58.3 Å². The molecule has 2 atom stereocenters. The summed E-state index contributed by atoms with van der Waals surface area (Å²) in [5.41, 5.74) is 3.50. The van der Waals surface area contributed by atoms with Gasteiger partial charge in [-0.15, -0.1) is 0 Å². The molecule has 3 N–H and O–H groups in total. The molecule has 0 saturated carbocycles. The zero-order valence-corrected chi connectivity index (χ0v) is 18.0. The number of aliphatic hydroxyl groups is 1. The van der Waals surface area contributed by atoms with Crippen LogP contribution in [0.3, 0.4) is 0 Å². The van der Waals surface area contributed by atoms with Crippen LogP contribution < -0.4 is 10.1 Å². The van der Waals surface area contributed by atoms with Gasteiger partial charge in [-0.2, -0.15) is 5.10 Å². The normalized spacial score (nSPS) is 17.9. The number of aromatic amines is 1. The first-order chi connectivity index (χ1) is 15.5. The Morgan fingerprint density at radius 1 is 1.25 bits per heavy atom. The molecule has 4 rings (SSSR count). The highest BCUT2D eigenvalue weighted by Crippen LogP contribution is 2.36. The number of ether oxygens (including phenoxy) is 1. The van der Waals surface area contributed by atoms with Crippen molar-refractivity contribution in [1.29, 1.82) is 0 Å². The molecule has 2 unspecified atom stereocenters. The van der Waals surface area contributed by atoms with Crippen LogP contribution in [0.2, 0.25) is 0 Å². The maximum Gasteiger partial charge on any atom is 0.254 e. The van der Waals surface area contributed by atoms with Gasteiger partial charge < -0.3 is 20.1 Å². The maximum atomic E-state index is 13.4. The topological polar surface area (TPSA) is 108 Å². The number of methoxy groups -OCH3 is 1. The van der Waals surface area contributed by atoms with Gasteiger partial charge >= 0.3 is 0 Å². The number of hydrogen-bond acceptors (Lipinski definition) is 5. The molecule has 1 saturated heterocycles. The molecule has 1 aliphatic heterocycles. The van der Waals surface area contributed by atoms with E-state index in [-0.39, 0.29) is 24.4 Å². The van der Waals surface area contributed by atoms with Crippen molar-refractivity contribution >= 4 is 11.8 Å². The second kappa shape index (κ2) is 9.23. The fourth-order valence-corrected chi connectivity index (χ4v) is 4.13. The van der Waals surface area contributed by atoms with E-state index in [0.717, 1.165) is 16.7 Å². The number of aromatic nitrogens is 2. The van der Waals surface area contributed by atoms with Crippen LogP contribution in [0.4, 0.5) is 0 Å². The third-order valence-electron chi connectivity index (χ3n) is 5.67. The molecule has 2 heterocycles. The van der Waals surface area contributed by atoms with Crippen LogP contribution >= 0.6 is 0 Å². The van der Waals surface area contributed by atoms with Crippen molar-refractivity contribution in [1.82, 2.24) is 20.4 Å². The number of nitrogens with zero attached hydrogens (tertiary/aromatic N) is 2. The third kappa shape index (κ3) is 4.22. The van der Waals surface area contributed by atoms with E-state index in [1.807, 2.05) is 19.1 Å². The van der Waals surface area contributed by atoms with E-state index in [1.54, 1.807) is 54.7 Å². The Balaban J connectivity index is 1.63. The van der Waals surface area contributed by atoms with Crippen LogP contribution in [0.15, 0.2) is 54.9 Å². The monoisotopic (exact) mass is 434 g/mol. The second-order valence-corrected chi connectivity index (χ2v) is 7.75. The van der Waals surface area contributed by atoms with Gasteiger partial charge in [-0.05, 0) is 49.2 Å². The van der Waals surface area contributed by atoms with Crippen LogP contribution in [0, 0.1) is 0 Å². The molecular weight excluding hydrogens is 408 g/mol. The maximum absolute atomic E-state index is 13.4. The van der Waals surface area contributed by atoms with Crippen molar-refractivity contribution in [3.05, 3.63) is 71.5 Å². The number of likely N-dealkylation sites (tertiary alicyclic amines) is 1. The first kappa shape index (κ1) is 21.6. The quantitative estimate of drug-likeness (QED) is 0.553. The highest BCUT2D eigenvalue weighted by Gasteiger charge is 2.36. The Kier molecular flexibility index (Phi) is 6.23. The van der Waals surface area contributed by atoms with Gasteiger partial charge in [0.2, 0.25) is 0 Å². The third-order valence-corrected chi connectivity index (χ3v) is 5.67. The van der Waals surface area contributed by atoms with Crippen LogP contribution in [0.25, 0.3) is 11.1 Å². The molecule has 8 nitrogen and oxygen atoms in total. The Labute approximate surface area is 186 Å². The Morgan fingerprint density at radius 2 is 2.09 bits per heavy atom. The molecule has 0 spiro atoms. The lowest BCUT2D eigenvalue weighted by molar-refractivity contribution is 0.0715. The molecule has 166 valence electrons. The number of carbonyl (C=O) groups excluding carboxylic acids is 2. The van der Waals surface area contributed by atoms with E-state index in [1.165, 1.54) is 0 Å². The summed E-state index contributed by atoms with van der Waals surface area (Å²) in [4.78, 5) is 27.3. The minimum absolute atomic E-state index is 0.162. The first-order valence-corrected chi connectivity index (χ1v) is 10.6. The minimum Gasteiger partial charge on any atom is -0.496 e. The molecule has 0 bridgehead atoms. The Bertz CT molecular complexity index is 1110. The number of β-amino-alcohol motifs (C(OH)–C–C–N with tert-alkyl or cyclic N) is 1. The average molecular weight is 434 g/mol. The molecule has 0 aliphatic carbocycles. The fraction of sp³-hybridized carbons (Fsp3) is 0.292. The standard InChI is InChI=1S/C24H26N4O4/c1-3-25-23(30)16-6-4-5-15(9-16)21-11-19(29)14-28(21)24(31)17-7-8-20(22(10-17)32-2)18-12-26-27-13-18/h4-10,12-13,19,21,29H,3,11,14H2,1-2H3,(H,25,30)(H,26,27). The molecular formula is C24H26N4O4. The van der Waals surface area contributed by atoms with Gasteiger partial charge in [-0.25, -0.2) is 0 Å². The van der Waals surface area contributed by atoms with Gasteiger partial charge in [0.05, 0.1) is 25.5 Å². The van der Waals surface area contributed by atoms with E-state index < -0.39 is 6.10 Å². The smallest absolute Gasteiger partial charge is 0.254 e. The van der Waals surface area contributed by atoms with E-state index in [2.05, 4.69) is 15.5 Å². The molecule has 1 aliphatic rings. The number of amides is 2. The molecule has 3 aromatic rings. The highest BCUT2D eigenvalue weighted by atomic mass is 16.5. The van der Waals surface area contributed by atoms with Crippen LogP contribution in [0.1, 0.15) is 45.7 Å². The number of nitrogens with one attached hydrogen (secondary N) is 2. The summed E-state index contributed by atoms with van der Waals surface area (Å²) in [6.07, 6.45) is 3.22. The molecule has 2 aromatic carbocycles. The van der Waals surface area contributed by atoms with Crippen molar-refractivity contribution in [2.75, 3.05) is 20.2 Å². The van der Waals surface area contributed by atoms with E-state index in [4.69, 9.17) is 4.74 Å². The highest BCUT2D eigenvalue weighted by molar-refractivity contribution is 5.96. The van der Waals surface area contributed by atoms with Gasteiger partial charge in [-0.1, -0.05) is 12.1 Å². The van der Waals surface area contributed by atoms with Crippen molar-refractivity contribution in [3.63, 3.8) is 0 Å². The summed E-state index contributed by atoms with van der Waals surface area (Å²) in [5, 5.41) is 19.9. The SMILES string of the molecule is CCNC(=O)c1cccc(C2CC(O)CN2C(=O)c2ccc(-c3cn[nH]c3)c(OC)c2)c1. The lowest BCUT2D eigenvalue weighted by Crippen LogP contribution is -2.32. The molecule has 2 amide bonds. The second-order valence-electron chi connectivity index (χ2n) is 7.75. The zero-order valence-electron chi connectivity index (χ0n) is 18.0. The fourth-order valence-electron chi connectivity index (χ4n) is 4.13. The van der Waals surface area contributed by atoms with E-state index >= 15 is 0 Å². The average Bonchev–Trinajstić information content (AvgIpc) is 3.48. The van der Waals surface area contributed by atoms with Gasteiger partial charge in [0.1, 0.15) is 5.75 Å². The first-order valence-electron chi connectivity index (χ1n) is 10.6. The lowest BCUT2D eigenvalue weighted by atomic mass is 10.00. The molecule has 8 heteroatoms. The lowest BCUT2D eigenvalue weighted by Gasteiger charge is -2.25. The number of benzene rings is 2. The molecule has 1 fully saturated rings. The van der Waals surface area contributed by atoms with Gasteiger partial charge in [0.25, 0.3) is 11.8 Å². The van der Waals surface area contributed by atoms with Crippen LogP contribution in [0.5, 0.6) is 5.75 Å². The number of carbonyl (C=O) groups is 2. The predicted octanol–water partition coefficient (Wildman–Crippen LogP) is 2.78. The minimum atomic E-state index is -0.635. The largest absolute Gasteiger partial charge is 0.496 e. The molecule has 32 heavy (non-hydrogen) atoms. The predicted molar refractivity (Wildman–Crippen MR) is 119 cm³/mol. The van der Waals surface area contributed by atoms with Crippen molar-refractivity contribution in [3.8, 4) is 16.9 Å². The zero-order chi connectivity index (χ0) is 22.7. The molecule has 0 radical (unpaired) electrons. The van der Waals surface area contributed by atoms with Crippen molar-refractivity contribution in [2.45, 2.75) is 25.5 Å². The van der Waals surface area contributed by atoms with Gasteiger partial charge in [-0.3, -0.25) is 14.7 Å². The number of H-pyrrole nitrogens is 1. The summed E-state index contributed by atoms with van der Waals surface area (Å²) in [6.45, 7) is 2.62. The number of hydrogen-bond donors (Lipinski definition) is 3. The van der Waals surface area contributed by atoms with Crippen molar-refractivity contribution in [2.24, 2.45) is 0 Å². The number of rotatable bonds is 6. The Morgan fingerprint density at radius 3 is 2.81 bits per heavy atom. The van der Waals surface area contributed by atoms with Crippen molar-refractivity contribution < 1.29 is 19.4 Å². The van der Waals surface area contributed by atoms with Gasteiger partial charge in [0, 0.05) is 41.5 Å².